The summed E-state index contributed by atoms with van der Waals surface area (Å²) in [5.41, 5.74) is -1.07. The number of carbonyl (C=O) groups excluding carboxylic acids is 1. The van der Waals surface area contributed by atoms with Gasteiger partial charge in [0.1, 0.15) is 0 Å². The van der Waals surface area contributed by atoms with E-state index in [4.69, 9.17) is 0 Å². The molecule has 0 aromatic heterocycles. The van der Waals surface area contributed by atoms with E-state index in [1.807, 2.05) is 0 Å². The normalized spacial score (nSPS) is 15.6. The summed E-state index contributed by atoms with van der Waals surface area (Å²) in [7, 11) is 0. The third kappa shape index (κ3) is 5.74. The Hall–Kier alpha value is -1.76. The van der Waals surface area contributed by atoms with Gasteiger partial charge < -0.3 is 15.5 Å². The number of amides is 2. The Bertz CT molecular complexity index is 514. The van der Waals surface area contributed by atoms with E-state index in [1.54, 1.807) is 0 Å². The number of anilines is 1. The van der Waals surface area contributed by atoms with E-state index in [-0.39, 0.29) is 5.69 Å². The Balaban J connectivity index is 1.70. The van der Waals surface area contributed by atoms with Crippen molar-refractivity contribution in [1.29, 1.82) is 0 Å². The van der Waals surface area contributed by atoms with E-state index in [0.29, 0.717) is 6.54 Å². The molecule has 2 rings (SSSR count). The van der Waals surface area contributed by atoms with Crippen molar-refractivity contribution < 1.29 is 18.0 Å². The average Bonchev–Trinajstić information content (AvgIpc) is 2.99. The lowest BCUT2D eigenvalue weighted by Gasteiger charge is -2.15. The van der Waals surface area contributed by atoms with Gasteiger partial charge in [0.25, 0.3) is 0 Å². The molecule has 0 saturated carbocycles. The summed E-state index contributed by atoms with van der Waals surface area (Å²) in [5.74, 6) is 0. The molecule has 0 atom stereocenters. The maximum absolute atomic E-state index is 12.8. The van der Waals surface area contributed by atoms with Gasteiger partial charge in [-0.15, -0.1) is 0 Å². The first-order chi connectivity index (χ1) is 11.0. The number of unbranched alkanes of at least 4 members (excludes halogenated alkanes) is 1. The van der Waals surface area contributed by atoms with Gasteiger partial charge in [-0.2, -0.15) is 13.2 Å². The summed E-state index contributed by atoms with van der Waals surface area (Å²) in [5, 5.41) is 4.87. The van der Waals surface area contributed by atoms with Crippen LogP contribution in [0.2, 0.25) is 0 Å². The van der Waals surface area contributed by atoms with Crippen LogP contribution >= 0.6 is 0 Å². The van der Waals surface area contributed by atoms with Gasteiger partial charge in [0, 0.05) is 6.54 Å². The molecular formula is C16H22F3N3O. The summed E-state index contributed by atoms with van der Waals surface area (Å²) in [6.45, 7) is 3.75. The molecule has 0 spiro atoms. The number of rotatable bonds is 6. The fourth-order valence-corrected chi connectivity index (χ4v) is 2.67. The topological polar surface area (TPSA) is 44.4 Å². The van der Waals surface area contributed by atoms with E-state index in [2.05, 4.69) is 15.5 Å². The number of urea groups is 1. The molecule has 0 radical (unpaired) electrons. The van der Waals surface area contributed by atoms with E-state index in [0.717, 1.165) is 38.5 Å². The van der Waals surface area contributed by atoms with Gasteiger partial charge in [-0.25, -0.2) is 4.79 Å². The van der Waals surface area contributed by atoms with E-state index in [1.165, 1.54) is 31.0 Å². The summed E-state index contributed by atoms with van der Waals surface area (Å²) >= 11 is 0. The van der Waals surface area contributed by atoms with Crippen molar-refractivity contribution in [3.8, 4) is 0 Å². The van der Waals surface area contributed by atoms with Crippen LogP contribution in [0.5, 0.6) is 0 Å². The third-order valence-corrected chi connectivity index (χ3v) is 3.87. The highest BCUT2D eigenvalue weighted by Crippen LogP contribution is 2.34. The van der Waals surface area contributed by atoms with Crippen molar-refractivity contribution in [2.45, 2.75) is 31.9 Å². The van der Waals surface area contributed by atoms with Crippen LogP contribution in [0.4, 0.5) is 23.7 Å². The smallest absolute Gasteiger partial charge is 0.338 e. The number of nitrogens with zero attached hydrogens (tertiary/aromatic N) is 1. The molecule has 1 aromatic carbocycles. The molecule has 1 aromatic rings. The average molecular weight is 329 g/mol. The standard InChI is InChI=1S/C16H22F3N3O/c17-16(18,19)13-7-1-2-8-14(13)21-15(23)20-9-3-4-10-22-11-5-6-12-22/h1-2,7-8H,3-6,9-12H2,(H2,20,21,23). The zero-order chi connectivity index (χ0) is 16.7. The summed E-state index contributed by atoms with van der Waals surface area (Å²) in [6.07, 6.45) is -0.206. The second-order valence-corrected chi connectivity index (χ2v) is 5.68. The highest BCUT2D eigenvalue weighted by Gasteiger charge is 2.33. The van der Waals surface area contributed by atoms with Gasteiger partial charge >= 0.3 is 12.2 Å². The molecule has 0 bridgehead atoms. The number of hydrogen-bond acceptors (Lipinski definition) is 2. The first kappa shape index (κ1) is 17.6. The lowest BCUT2D eigenvalue weighted by Crippen LogP contribution is -2.31. The van der Waals surface area contributed by atoms with Gasteiger partial charge in [0.05, 0.1) is 11.3 Å². The van der Waals surface area contributed by atoms with Gasteiger partial charge in [0.15, 0.2) is 0 Å². The first-order valence-corrected chi connectivity index (χ1v) is 7.90. The van der Waals surface area contributed by atoms with Gasteiger partial charge in [-0.1, -0.05) is 12.1 Å². The Morgan fingerprint density at radius 2 is 1.83 bits per heavy atom. The largest absolute Gasteiger partial charge is 0.418 e. The monoisotopic (exact) mass is 329 g/mol. The fourth-order valence-electron chi connectivity index (χ4n) is 2.67. The van der Waals surface area contributed by atoms with Crippen LogP contribution in [-0.2, 0) is 6.18 Å². The number of para-hydroxylation sites is 1. The Morgan fingerprint density at radius 3 is 2.52 bits per heavy atom. The molecular weight excluding hydrogens is 307 g/mol. The maximum Gasteiger partial charge on any atom is 0.418 e. The lowest BCUT2D eigenvalue weighted by atomic mass is 10.1. The molecule has 1 heterocycles. The van der Waals surface area contributed by atoms with Crippen LogP contribution < -0.4 is 10.6 Å². The highest BCUT2D eigenvalue weighted by atomic mass is 19.4. The molecule has 0 aliphatic carbocycles. The van der Waals surface area contributed by atoms with Crippen LogP contribution in [0, 0.1) is 0 Å². The number of alkyl halides is 3. The van der Waals surface area contributed by atoms with Crippen LogP contribution in [0.3, 0.4) is 0 Å². The quantitative estimate of drug-likeness (QED) is 0.782. The van der Waals surface area contributed by atoms with E-state index in [9.17, 15) is 18.0 Å². The molecule has 128 valence electrons. The summed E-state index contributed by atoms with van der Waals surface area (Å²) in [4.78, 5) is 14.1. The minimum absolute atomic E-state index is 0.227. The Morgan fingerprint density at radius 1 is 1.13 bits per heavy atom. The van der Waals surface area contributed by atoms with E-state index < -0.39 is 17.8 Å². The molecule has 23 heavy (non-hydrogen) atoms. The molecule has 2 amide bonds. The third-order valence-electron chi connectivity index (χ3n) is 3.87. The Kier molecular flexibility index (Phi) is 6.27. The molecule has 1 fully saturated rings. The van der Waals surface area contributed by atoms with Crippen molar-refractivity contribution >= 4 is 11.7 Å². The zero-order valence-corrected chi connectivity index (χ0v) is 13.0. The van der Waals surface area contributed by atoms with E-state index >= 15 is 0 Å². The Labute approximate surface area is 134 Å². The number of halogens is 3. The minimum Gasteiger partial charge on any atom is -0.338 e. The molecule has 1 aliphatic heterocycles. The molecule has 1 aliphatic rings. The number of hydrogen-bond donors (Lipinski definition) is 2. The number of nitrogens with one attached hydrogen (secondary N) is 2. The van der Waals surface area contributed by atoms with Gasteiger partial charge in [0.2, 0.25) is 0 Å². The van der Waals surface area contributed by atoms with Crippen LogP contribution in [0.25, 0.3) is 0 Å². The van der Waals surface area contributed by atoms with Gasteiger partial charge in [-0.05, 0) is 57.5 Å². The second-order valence-electron chi connectivity index (χ2n) is 5.68. The van der Waals surface area contributed by atoms with Crippen molar-refractivity contribution in [1.82, 2.24) is 10.2 Å². The predicted octanol–water partition coefficient (Wildman–Crippen LogP) is 3.70. The predicted molar refractivity (Wildman–Crippen MR) is 83.4 cm³/mol. The van der Waals surface area contributed by atoms with Crippen molar-refractivity contribution in [3.63, 3.8) is 0 Å². The molecule has 1 saturated heterocycles. The van der Waals surface area contributed by atoms with Crippen LogP contribution in [0.1, 0.15) is 31.2 Å². The molecule has 7 heteroatoms. The maximum atomic E-state index is 12.8. The van der Waals surface area contributed by atoms with Crippen LogP contribution in [0.15, 0.2) is 24.3 Å². The fraction of sp³-hybridized carbons (Fsp3) is 0.562. The molecule has 0 unspecified atom stereocenters. The number of carbonyl (C=O) groups is 1. The number of benzene rings is 1. The summed E-state index contributed by atoms with van der Waals surface area (Å²) < 4.78 is 38.5. The van der Waals surface area contributed by atoms with Gasteiger partial charge in [-0.3, -0.25) is 0 Å². The van der Waals surface area contributed by atoms with Crippen molar-refractivity contribution in [3.05, 3.63) is 29.8 Å². The SMILES string of the molecule is O=C(NCCCCN1CCCC1)Nc1ccccc1C(F)(F)F. The van der Waals surface area contributed by atoms with Crippen molar-refractivity contribution in [2.75, 3.05) is 31.5 Å². The molecule has 2 N–H and O–H groups in total. The first-order valence-electron chi connectivity index (χ1n) is 7.90. The lowest BCUT2D eigenvalue weighted by molar-refractivity contribution is -0.136. The van der Waals surface area contributed by atoms with Crippen LogP contribution in [-0.4, -0.2) is 37.1 Å². The summed E-state index contributed by atoms with van der Waals surface area (Å²) in [6, 6.07) is 4.34. The van der Waals surface area contributed by atoms with Crippen molar-refractivity contribution in [2.24, 2.45) is 0 Å². The minimum atomic E-state index is -4.49. The second kappa shape index (κ2) is 8.19. The number of likely N-dealkylation sites (tertiary alicyclic amines) is 1. The zero-order valence-electron chi connectivity index (χ0n) is 13.0. The molecule has 4 nitrogen and oxygen atoms in total. The highest BCUT2D eigenvalue weighted by molar-refractivity contribution is 5.90.